The topological polar surface area (TPSA) is 29.5 Å². The average molecular weight is 232 g/mol. The van der Waals surface area contributed by atoms with Gasteiger partial charge in [0.2, 0.25) is 0 Å². The molecule has 0 atom stereocenters. The fourth-order valence-corrected chi connectivity index (χ4v) is 1.53. The molecule has 0 bridgehead atoms. The highest BCUT2D eigenvalue weighted by Crippen LogP contribution is 2.23. The van der Waals surface area contributed by atoms with E-state index in [1.807, 2.05) is 24.3 Å². The molecule has 0 fully saturated rings. The van der Waals surface area contributed by atoms with Crippen molar-refractivity contribution in [3.63, 3.8) is 0 Å². The fourth-order valence-electron chi connectivity index (χ4n) is 1.35. The highest BCUT2D eigenvalue weighted by Gasteiger charge is 2.18. The van der Waals surface area contributed by atoms with Gasteiger partial charge in [-0.25, -0.2) is 0 Å². The normalized spacial score (nSPS) is 9.88. The summed E-state index contributed by atoms with van der Waals surface area (Å²) in [6.07, 6.45) is 0. The Kier molecular flexibility index (Phi) is 3.49. The Bertz CT molecular complexity index is 462. The van der Waals surface area contributed by atoms with Crippen molar-refractivity contribution in [1.82, 2.24) is 0 Å². The Balaban J connectivity index is 2.14. The van der Waals surface area contributed by atoms with Crippen LogP contribution >= 0.6 is 11.6 Å². The maximum absolute atomic E-state index is 9.82. The average Bonchev–Trinajstić information content (AvgIpc) is 2.33. The Morgan fingerprint density at radius 1 is 0.938 bits per heavy atom. The second-order valence-electron chi connectivity index (χ2n) is 3.31. The van der Waals surface area contributed by atoms with Crippen LogP contribution in [0.15, 0.2) is 54.6 Å². The van der Waals surface area contributed by atoms with E-state index in [1.165, 1.54) is 0 Å². The molecule has 2 aromatic carbocycles. The number of halogens is 1. The van der Waals surface area contributed by atoms with E-state index in [2.05, 4.69) is 0 Å². The van der Waals surface area contributed by atoms with Crippen molar-refractivity contribution in [1.29, 1.82) is 0 Å². The lowest BCUT2D eigenvalue weighted by molar-refractivity contribution is 0.433. The molecule has 0 aliphatic heterocycles. The Morgan fingerprint density at radius 2 is 1.56 bits per heavy atom. The van der Waals surface area contributed by atoms with E-state index in [1.54, 1.807) is 30.3 Å². The quantitative estimate of drug-likeness (QED) is 0.821. The monoisotopic (exact) mass is 232 g/mol. The first-order chi connectivity index (χ1) is 7.77. The van der Waals surface area contributed by atoms with Gasteiger partial charge in [0, 0.05) is 0 Å². The van der Waals surface area contributed by atoms with Crippen LogP contribution in [0.1, 0.15) is 0 Å². The molecule has 0 unspecified atom stereocenters. The largest absolute Gasteiger partial charge is 0.560 e. The van der Waals surface area contributed by atoms with Crippen molar-refractivity contribution in [2.75, 3.05) is 0 Å². The molecule has 0 aliphatic rings. The van der Waals surface area contributed by atoms with Gasteiger partial charge in [-0.2, -0.15) is 0 Å². The first kappa shape index (κ1) is 11.1. The summed E-state index contributed by atoms with van der Waals surface area (Å²) in [5.41, 5.74) is 0.697. The number of rotatable bonds is 3. The molecule has 0 saturated heterocycles. The lowest BCUT2D eigenvalue weighted by Crippen LogP contribution is -2.36. The second kappa shape index (κ2) is 5.06. The summed E-state index contributed by atoms with van der Waals surface area (Å²) in [4.78, 5) is 0. The van der Waals surface area contributed by atoms with E-state index in [-0.39, 0.29) is 0 Å². The smallest absolute Gasteiger partial charge is 0.531 e. The summed E-state index contributed by atoms with van der Waals surface area (Å²) in [7, 11) is -0.999. The summed E-state index contributed by atoms with van der Waals surface area (Å²) >= 11 is 5.92. The van der Waals surface area contributed by atoms with Crippen LogP contribution in [0.5, 0.6) is 5.75 Å². The van der Waals surface area contributed by atoms with Crippen molar-refractivity contribution in [2.24, 2.45) is 0 Å². The van der Waals surface area contributed by atoms with Crippen LogP contribution in [-0.4, -0.2) is 12.1 Å². The minimum atomic E-state index is -0.999. The van der Waals surface area contributed by atoms with Gasteiger partial charge in [-0.15, -0.1) is 0 Å². The molecule has 0 aliphatic carbocycles. The molecule has 0 saturated carbocycles. The minimum Gasteiger partial charge on any atom is -0.531 e. The molecule has 1 N–H and O–H groups in total. The van der Waals surface area contributed by atoms with E-state index in [0.29, 0.717) is 16.2 Å². The first-order valence-corrected chi connectivity index (χ1v) is 5.29. The fraction of sp³-hybridized carbons (Fsp3) is 0. The summed E-state index contributed by atoms with van der Waals surface area (Å²) in [6, 6.07) is 16.2. The molecule has 0 heterocycles. The van der Waals surface area contributed by atoms with Gasteiger partial charge in [-0.05, 0) is 17.6 Å². The van der Waals surface area contributed by atoms with E-state index >= 15 is 0 Å². The van der Waals surface area contributed by atoms with Crippen molar-refractivity contribution in [3.8, 4) is 5.75 Å². The van der Waals surface area contributed by atoms with Crippen LogP contribution in [0, 0.1) is 0 Å². The van der Waals surface area contributed by atoms with Gasteiger partial charge in [0.05, 0.1) is 5.02 Å². The molecule has 16 heavy (non-hydrogen) atoms. The molecule has 4 heteroatoms. The summed E-state index contributed by atoms with van der Waals surface area (Å²) in [5.74, 6) is 0.473. The van der Waals surface area contributed by atoms with Gasteiger partial charge in [0.25, 0.3) is 0 Å². The SMILES string of the molecule is OB(Oc1ccccc1Cl)c1ccccc1. The number of hydrogen-bond donors (Lipinski definition) is 1. The lowest BCUT2D eigenvalue weighted by atomic mass is 9.79. The third-order valence-electron chi connectivity index (χ3n) is 2.16. The standard InChI is InChI=1S/C12H10BClO2/c14-11-8-4-5-9-12(11)16-13(15)10-6-2-1-3-7-10/h1-9,15H. The third kappa shape index (κ3) is 2.57. The maximum atomic E-state index is 9.82. The number of hydrogen-bond acceptors (Lipinski definition) is 2. The molecular formula is C12H10BClO2. The maximum Gasteiger partial charge on any atom is 0.560 e. The van der Waals surface area contributed by atoms with Gasteiger partial charge in [-0.1, -0.05) is 54.1 Å². The highest BCUT2D eigenvalue weighted by atomic mass is 35.5. The molecule has 2 aromatic rings. The molecule has 2 rings (SSSR count). The first-order valence-electron chi connectivity index (χ1n) is 4.91. The van der Waals surface area contributed by atoms with E-state index in [4.69, 9.17) is 16.3 Å². The summed E-state index contributed by atoms with van der Waals surface area (Å²) < 4.78 is 5.35. The molecule has 80 valence electrons. The van der Waals surface area contributed by atoms with Crippen LogP contribution < -0.4 is 10.1 Å². The predicted molar refractivity (Wildman–Crippen MR) is 66.1 cm³/mol. The summed E-state index contributed by atoms with van der Waals surface area (Å²) in [5, 5.41) is 10.3. The van der Waals surface area contributed by atoms with Gasteiger partial charge in [0.15, 0.2) is 0 Å². The highest BCUT2D eigenvalue weighted by molar-refractivity contribution is 6.60. The van der Waals surface area contributed by atoms with Gasteiger partial charge >= 0.3 is 7.12 Å². The van der Waals surface area contributed by atoms with Gasteiger partial charge in [0.1, 0.15) is 5.75 Å². The van der Waals surface area contributed by atoms with Crippen LogP contribution in [0.25, 0.3) is 0 Å². The zero-order valence-corrected chi connectivity index (χ0v) is 9.26. The number of benzene rings is 2. The minimum absolute atomic E-state index is 0.473. The third-order valence-corrected chi connectivity index (χ3v) is 2.47. The van der Waals surface area contributed by atoms with Crippen molar-refractivity contribution in [2.45, 2.75) is 0 Å². The lowest BCUT2D eigenvalue weighted by Gasteiger charge is -2.10. The van der Waals surface area contributed by atoms with Crippen LogP contribution in [-0.2, 0) is 0 Å². The number of para-hydroxylation sites is 1. The van der Waals surface area contributed by atoms with E-state index in [9.17, 15) is 5.02 Å². The molecule has 2 nitrogen and oxygen atoms in total. The molecular weight excluding hydrogens is 222 g/mol. The van der Waals surface area contributed by atoms with E-state index in [0.717, 1.165) is 0 Å². The van der Waals surface area contributed by atoms with Crippen LogP contribution in [0.3, 0.4) is 0 Å². The Labute approximate surface area is 99.6 Å². The Morgan fingerprint density at radius 3 is 2.25 bits per heavy atom. The van der Waals surface area contributed by atoms with Gasteiger partial charge in [-0.3, -0.25) is 0 Å². The van der Waals surface area contributed by atoms with E-state index < -0.39 is 7.12 Å². The van der Waals surface area contributed by atoms with Crippen molar-refractivity contribution >= 4 is 24.2 Å². The molecule has 0 spiro atoms. The molecule has 0 radical (unpaired) electrons. The second-order valence-corrected chi connectivity index (χ2v) is 3.72. The van der Waals surface area contributed by atoms with Crippen molar-refractivity contribution in [3.05, 3.63) is 59.6 Å². The van der Waals surface area contributed by atoms with Gasteiger partial charge < -0.3 is 9.68 Å². The Hall–Kier alpha value is -1.45. The predicted octanol–water partition coefficient (Wildman–Crippen LogP) is 2.11. The molecule has 0 amide bonds. The van der Waals surface area contributed by atoms with Crippen LogP contribution in [0.2, 0.25) is 5.02 Å². The van der Waals surface area contributed by atoms with Crippen molar-refractivity contribution < 1.29 is 9.68 Å². The summed E-state index contributed by atoms with van der Waals surface area (Å²) in [6.45, 7) is 0. The molecule has 0 aromatic heterocycles. The van der Waals surface area contributed by atoms with Crippen LogP contribution in [0.4, 0.5) is 0 Å². The zero-order chi connectivity index (χ0) is 11.4. The zero-order valence-electron chi connectivity index (χ0n) is 8.51.